The molecule has 1 amide bonds. The van der Waals surface area contributed by atoms with Crippen molar-refractivity contribution >= 4 is 5.91 Å². The van der Waals surface area contributed by atoms with Crippen molar-refractivity contribution in [3.8, 4) is 5.75 Å². The van der Waals surface area contributed by atoms with Crippen LogP contribution in [0.15, 0.2) is 24.3 Å². The van der Waals surface area contributed by atoms with Crippen LogP contribution in [-0.4, -0.2) is 18.1 Å². The normalized spacial score (nSPS) is 14.0. The Balaban J connectivity index is 2.57. The molecule has 0 aromatic heterocycles. The number of nitrogens with one attached hydrogen (secondary N) is 1. The highest BCUT2D eigenvalue weighted by Gasteiger charge is 2.11. The first kappa shape index (κ1) is 15.5. The Bertz CT molecular complexity index is 399. The van der Waals surface area contributed by atoms with Gasteiger partial charge in [0.25, 0.3) is 0 Å². The van der Waals surface area contributed by atoms with E-state index >= 15 is 0 Å². The van der Waals surface area contributed by atoms with Gasteiger partial charge >= 0.3 is 0 Å². The van der Waals surface area contributed by atoms with Crippen molar-refractivity contribution in [2.45, 2.75) is 52.3 Å². The van der Waals surface area contributed by atoms with E-state index in [0.717, 1.165) is 11.3 Å². The van der Waals surface area contributed by atoms with Crippen LogP contribution in [0.5, 0.6) is 5.75 Å². The highest BCUT2D eigenvalue weighted by atomic mass is 16.5. The van der Waals surface area contributed by atoms with Crippen LogP contribution in [0, 0.1) is 0 Å². The molecular formula is C15H24N2O2. The van der Waals surface area contributed by atoms with E-state index < -0.39 is 0 Å². The Hall–Kier alpha value is -1.55. The van der Waals surface area contributed by atoms with Gasteiger partial charge in [0, 0.05) is 12.5 Å². The molecule has 0 aliphatic carbocycles. The van der Waals surface area contributed by atoms with Crippen LogP contribution in [0.3, 0.4) is 0 Å². The number of benzene rings is 1. The summed E-state index contributed by atoms with van der Waals surface area (Å²) in [5.74, 6) is 0.817. The molecule has 0 spiro atoms. The molecule has 106 valence electrons. The Kier molecular flexibility index (Phi) is 5.83. The summed E-state index contributed by atoms with van der Waals surface area (Å²) >= 11 is 0. The Morgan fingerprint density at radius 1 is 1.21 bits per heavy atom. The van der Waals surface area contributed by atoms with Crippen LogP contribution >= 0.6 is 0 Å². The highest BCUT2D eigenvalue weighted by Crippen LogP contribution is 2.18. The fourth-order valence-corrected chi connectivity index (χ4v) is 1.78. The second-order valence-electron chi connectivity index (χ2n) is 5.21. The van der Waals surface area contributed by atoms with Crippen LogP contribution in [0.1, 0.15) is 45.7 Å². The van der Waals surface area contributed by atoms with E-state index in [-0.39, 0.29) is 24.1 Å². The number of carbonyl (C=O) groups is 1. The number of rotatable bonds is 6. The van der Waals surface area contributed by atoms with Gasteiger partial charge in [-0.1, -0.05) is 12.1 Å². The first-order chi connectivity index (χ1) is 8.88. The maximum absolute atomic E-state index is 11.6. The molecule has 0 heterocycles. The second kappa shape index (κ2) is 7.14. The van der Waals surface area contributed by atoms with Crippen LogP contribution in [0.2, 0.25) is 0 Å². The molecule has 0 aliphatic heterocycles. The number of amides is 1. The third-order valence-corrected chi connectivity index (χ3v) is 2.64. The quantitative estimate of drug-likeness (QED) is 0.829. The molecule has 1 aromatic carbocycles. The molecule has 0 bridgehead atoms. The molecule has 0 fully saturated rings. The summed E-state index contributed by atoms with van der Waals surface area (Å²) in [7, 11) is 0. The van der Waals surface area contributed by atoms with Crippen molar-refractivity contribution in [1.29, 1.82) is 0 Å². The summed E-state index contributed by atoms with van der Waals surface area (Å²) in [4.78, 5) is 11.6. The van der Waals surface area contributed by atoms with E-state index in [9.17, 15) is 4.79 Å². The lowest BCUT2D eigenvalue weighted by molar-refractivity contribution is -0.122. The van der Waals surface area contributed by atoms with E-state index in [1.807, 2.05) is 52.0 Å². The fourth-order valence-electron chi connectivity index (χ4n) is 1.78. The summed E-state index contributed by atoms with van der Waals surface area (Å²) in [6.45, 7) is 7.76. The highest BCUT2D eigenvalue weighted by molar-refractivity contribution is 5.76. The van der Waals surface area contributed by atoms with Crippen LogP contribution < -0.4 is 15.8 Å². The molecule has 4 heteroatoms. The third-order valence-electron chi connectivity index (χ3n) is 2.64. The standard InChI is InChI=1S/C15H24N2O2/c1-10(2)19-14-7-5-13(6-8-14)12(4)17-15(18)9-11(3)16/h5-8,10-12H,9,16H2,1-4H3,(H,17,18). The Morgan fingerprint density at radius 3 is 2.26 bits per heavy atom. The van der Waals surface area contributed by atoms with Crippen molar-refractivity contribution in [2.24, 2.45) is 5.73 Å². The van der Waals surface area contributed by atoms with Crippen LogP contribution in [0.4, 0.5) is 0 Å². The van der Waals surface area contributed by atoms with E-state index in [0.29, 0.717) is 6.42 Å². The van der Waals surface area contributed by atoms with Crippen molar-refractivity contribution < 1.29 is 9.53 Å². The van der Waals surface area contributed by atoms with Crippen molar-refractivity contribution in [1.82, 2.24) is 5.32 Å². The minimum absolute atomic E-state index is 0.0231. The minimum atomic E-state index is -0.117. The summed E-state index contributed by atoms with van der Waals surface area (Å²) in [6.07, 6.45) is 0.507. The predicted molar refractivity (Wildman–Crippen MR) is 77.0 cm³/mol. The van der Waals surface area contributed by atoms with E-state index in [1.54, 1.807) is 0 Å². The summed E-state index contributed by atoms with van der Waals surface area (Å²) in [5.41, 5.74) is 6.65. The topological polar surface area (TPSA) is 64.4 Å². The zero-order valence-electron chi connectivity index (χ0n) is 12.1. The maximum atomic E-state index is 11.6. The minimum Gasteiger partial charge on any atom is -0.491 e. The van der Waals surface area contributed by atoms with Gasteiger partial charge in [0.15, 0.2) is 0 Å². The summed E-state index contributed by atoms with van der Waals surface area (Å²) in [5, 5.41) is 2.93. The number of carbonyl (C=O) groups excluding carboxylic acids is 1. The first-order valence-corrected chi connectivity index (χ1v) is 6.70. The number of ether oxygens (including phenoxy) is 1. The van der Waals surface area contributed by atoms with E-state index in [4.69, 9.17) is 10.5 Å². The Labute approximate surface area is 115 Å². The molecule has 1 rings (SSSR count). The van der Waals surface area contributed by atoms with Crippen molar-refractivity contribution in [3.63, 3.8) is 0 Å². The van der Waals surface area contributed by atoms with Gasteiger partial charge < -0.3 is 15.8 Å². The summed E-state index contributed by atoms with van der Waals surface area (Å²) in [6, 6.07) is 7.63. The lowest BCUT2D eigenvalue weighted by atomic mass is 10.1. The smallest absolute Gasteiger partial charge is 0.222 e. The number of hydrogen-bond acceptors (Lipinski definition) is 3. The average Bonchev–Trinajstić information content (AvgIpc) is 2.27. The van der Waals surface area contributed by atoms with Gasteiger partial charge in [-0.15, -0.1) is 0 Å². The zero-order valence-corrected chi connectivity index (χ0v) is 12.1. The molecule has 19 heavy (non-hydrogen) atoms. The number of hydrogen-bond donors (Lipinski definition) is 2. The molecule has 0 aliphatic rings. The summed E-state index contributed by atoms with van der Waals surface area (Å²) < 4.78 is 5.58. The first-order valence-electron chi connectivity index (χ1n) is 6.70. The molecule has 4 nitrogen and oxygen atoms in total. The van der Waals surface area contributed by atoms with Gasteiger partial charge in [0.1, 0.15) is 5.75 Å². The largest absolute Gasteiger partial charge is 0.491 e. The van der Waals surface area contributed by atoms with Gasteiger partial charge in [0.05, 0.1) is 12.1 Å². The molecule has 3 N–H and O–H groups in total. The van der Waals surface area contributed by atoms with Gasteiger partial charge in [-0.2, -0.15) is 0 Å². The SMILES string of the molecule is CC(N)CC(=O)NC(C)c1ccc(OC(C)C)cc1. The predicted octanol–water partition coefficient (Wildman–Crippen LogP) is 2.39. The fraction of sp³-hybridized carbons (Fsp3) is 0.533. The molecule has 2 unspecified atom stereocenters. The van der Waals surface area contributed by atoms with E-state index in [2.05, 4.69) is 5.32 Å². The lowest BCUT2D eigenvalue weighted by Crippen LogP contribution is -2.31. The second-order valence-corrected chi connectivity index (χ2v) is 5.21. The number of nitrogens with two attached hydrogens (primary N) is 1. The molecule has 0 saturated heterocycles. The van der Waals surface area contributed by atoms with Gasteiger partial charge in [0.2, 0.25) is 5.91 Å². The van der Waals surface area contributed by atoms with Crippen molar-refractivity contribution in [2.75, 3.05) is 0 Å². The van der Waals surface area contributed by atoms with Gasteiger partial charge in [-0.05, 0) is 45.4 Å². The van der Waals surface area contributed by atoms with Crippen LogP contribution in [0.25, 0.3) is 0 Å². The van der Waals surface area contributed by atoms with Crippen molar-refractivity contribution in [3.05, 3.63) is 29.8 Å². The van der Waals surface area contributed by atoms with Gasteiger partial charge in [-0.3, -0.25) is 4.79 Å². The molecule has 2 atom stereocenters. The third kappa shape index (κ3) is 5.75. The lowest BCUT2D eigenvalue weighted by Gasteiger charge is -2.16. The molecule has 0 radical (unpaired) electrons. The maximum Gasteiger partial charge on any atom is 0.222 e. The average molecular weight is 264 g/mol. The molecule has 1 aromatic rings. The molecule has 0 saturated carbocycles. The zero-order chi connectivity index (χ0) is 14.4. The van der Waals surface area contributed by atoms with Crippen LogP contribution in [-0.2, 0) is 4.79 Å². The monoisotopic (exact) mass is 264 g/mol. The van der Waals surface area contributed by atoms with E-state index in [1.165, 1.54) is 0 Å². The van der Waals surface area contributed by atoms with Gasteiger partial charge in [-0.25, -0.2) is 0 Å². The molecular weight excluding hydrogens is 240 g/mol. The Morgan fingerprint density at radius 2 is 1.79 bits per heavy atom.